The molecule has 1 amide bonds. The van der Waals surface area contributed by atoms with Crippen molar-refractivity contribution in [3.8, 4) is 11.8 Å². The summed E-state index contributed by atoms with van der Waals surface area (Å²) in [4.78, 5) is 12.9. The van der Waals surface area contributed by atoms with Gasteiger partial charge in [0.15, 0.2) is 10.8 Å². The van der Waals surface area contributed by atoms with Gasteiger partial charge in [-0.3, -0.25) is 13.8 Å². The largest absolute Gasteiger partial charge is 0.310 e. The molecule has 1 aliphatic rings. The minimum atomic E-state index is -0.179. The van der Waals surface area contributed by atoms with E-state index >= 15 is 0 Å². The fraction of sp³-hybridized carbons (Fsp3) is 0.217. The Kier molecular flexibility index (Phi) is 5.18. The number of nitrogens with one attached hydrogen (secondary N) is 1. The van der Waals surface area contributed by atoms with Crippen LogP contribution < -0.4 is 5.32 Å². The molecule has 4 aromatic rings. The summed E-state index contributed by atoms with van der Waals surface area (Å²) in [6.45, 7) is 0. The zero-order valence-electron chi connectivity index (χ0n) is 16.8. The van der Waals surface area contributed by atoms with Crippen molar-refractivity contribution in [2.45, 2.75) is 30.8 Å². The van der Waals surface area contributed by atoms with E-state index in [0.29, 0.717) is 16.5 Å². The molecule has 3 aromatic heterocycles. The monoisotopic (exact) mass is 428 g/mol. The molecule has 0 bridgehead atoms. The summed E-state index contributed by atoms with van der Waals surface area (Å²) in [5.74, 6) is 0.559. The van der Waals surface area contributed by atoms with E-state index in [1.807, 2.05) is 63.7 Å². The van der Waals surface area contributed by atoms with E-state index in [1.165, 1.54) is 11.8 Å². The quantitative estimate of drug-likeness (QED) is 0.486. The van der Waals surface area contributed by atoms with Crippen LogP contribution in [0.4, 0.5) is 5.82 Å². The predicted molar refractivity (Wildman–Crippen MR) is 119 cm³/mol. The third kappa shape index (κ3) is 3.57. The second-order valence-electron chi connectivity index (χ2n) is 7.39. The van der Waals surface area contributed by atoms with Gasteiger partial charge in [0.25, 0.3) is 0 Å². The minimum absolute atomic E-state index is 0.172. The molecule has 154 valence electrons. The number of aromatic nitrogens is 4. The van der Waals surface area contributed by atoms with Crippen molar-refractivity contribution in [3.05, 3.63) is 71.5 Å². The first kappa shape index (κ1) is 19.4. The van der Waals surface area contributed by atoms with Crippen molar-refractivity contribution >= 4 is 29.1 Å². The van der Waals surface area contributed by atoms with Crippen molar-refractivity contribution in [3.63, 3.8) is 0 Å². The standard InChI is InChI=1S/C23H20N6OS/c24-14-18-17-10-4-5-11-19(17)29(16-8-2-1-3-9-16)22(18)25-21(30)15-31-23-27-26-20-12-6-7-13-28(20)23/h1-3,6-9,12-13H,4-5,10-11,15H2,(H,25,30). The highest BCUT2D eigenvalue weighted by Crippen LogP contribution is 2.35. The molecular formula is C23H20N6OS. The lowest BCUT2D eigenvalue weighted by molar-refractivity contribution is -0.113. The Morgan fingerprint density at radius 3 is 2.74 bits per heavy atom. The van der Waals surface area contributed by atoms with Gasteiger partial charge in [-0.1, -0.05) is 36.0 Å². The first-order valence-corrected chi connectivity index (χ1v) is 11.2. The van der Waals surface area contributed by atoms with E-state index in [4.69, 9.17) is 0 Å². The summed E-state index contributed by atoms with van der Waals surface area (Å²) >= 11 is 1.32. The van der Waals surface area contributed by atoms with Gasteiger partial charge in [-0.15, -0.1) is 10.2 Å². The van der Waals surface area contributed by atoms with E-state index in [9.17, 15) is 10.1 Å². The number of benzene rings is 1. The number of hydrogen-bond donors (Lipinski definition) is 1. The fourth-order valence-electron chi connectivity index (χ4n) is 4.11. The molecule has 0 unspecified atom stereocenters. The van der Waals surface area contributed by atoms with Crippen molar-refractivity contribution in [2.24, 2.45) is 0 Å². The van der Waals surface area contributed by atoms with Crippen molar-refractivity contribution in [1.29, 1.82) is 5.26 Å². The van der Waals surface area contributed by atoms with Crippen LogP contribution in [0.1, 0.15) is 29.7 Å². The van der Waals surface area contributed by atoms with E-state index < -0.39 is 0 Å². The van der Waals surface area contributed by atoms with Crippen LogP contribution in [0.5, 0.6) is 0 Å². The van der Waals surface area contributed by atoms with Gasteiger partial charge in [-0.25, -0.2) is 0 Å². The molecule has 1 aromatic carbocycles. The number of para-hydroxylation sites is 1. The first-order valence-electron chi connectivity index (χ1n) is 10.2. The molecule has 0 aliphatic heterocycles. The van der Waals surface area contributed by atoms with E-state index in [1.54, 1.807) is 0 Å². The number of hydrogen-bond acceptors (Lipinski definition) is 5. The third-order valence-corrected chi connectivity index (χ3v) is 6.41. The molecule has 1 N–H and O–H groups in total. The smallest absolute Gasteiger partial charge is 0.236 e. The van der Waals surface area contributed by atoms with Gasteiger partial charge in [0, 0.05) is 17.6 Å². The summed E-state index contributed by atoms with van der Waals surface area (Å²) in [6, 6.07) is 17.9. The zero-order valence-corrected chi connectivity index (χ0v) is 17.6. The maximum absolute atomic E-state index is 12.9. The molecule has 5 rings (SSSR count). The van der Waals surface area contributed by atoms with Gasteiger partial charge >= 0.3 is 0 Å². The summed E-state index contributed by atoms with van der Waals surface area (Å²) in [5, 5.41) is 21.9. The number of nitriles is 1. The number of carbonyl (C=O) groups is 1. The third-order valence-electron chi connectivity index (χ3n) is 5.47. The maximum Gasteiger partial charge on any atom is 0.236 e. The summed E-state index contributed by atoms with van der Waals surface area (Å²) in [6.07, 6.45) is 5.77. The van der Waals surface area contributed by atoms with Crippen LogP contribution in [0.2, 0.25) is 0 Å². The molecular weight excluding hydrogens is 408 g/mol. The average Bonchev–Trinajstić information content (AvgIpc) is 3.36. The maximum atomic E-state index is 12.9. The number of anilines is 1. The Hall–Kier alpha value is -3.57. The molecule has 3 heterocycles. The molecule has 0 fully saturated rings. The molecule has 0 saturated carbocycles. The normalized spacial score (nSPS) is 13.0. The number of thioether (sulfide) groups is 1. The Balaban J connectivity index is 1.45. The highest BCUT2D eigenvalue weighted by Gasteiger charge is 2.26. The molecule has 0 radical (unpaired) electrons. The van der Waals surface area contributed by atoms with Crippen LogP contribution in [-0.2, 0) is 17.6 Å². The van der Waals surface area contributed by atoms with Crippen LogP contribution in [0.15, 0.2) is 59.9 Å². The lowest BCUT2D eigenvalue weighted by atomic mass is 9.95. The Labute approximate surface area is 183 Å². The van der Waals surface area contributed by atoms with Crippen LogP contribution in [0.25, 0.3) is 11.3 Å². The van der Waals surface area contributed by atoms with Crippen molar-refractivity contribution in [1.82, 2.24) is 19.2 Å². The SMILES string of the molecule is N#Cc1c2c(n(-c3ccccc3)c1NC(=O)CSc1nnc3ccccn13)CCCC2. The summed E-state index contributed by atoms with van der Waals surface area (Å²) in [5.41, 5.74) is 4.45. The molecule has 8 heteroatoms. The summed E-state index contributed by atoms with van der Waals surface area (Å²) in [7, 11) is 0. The molecule has 7 nitrogen and oxygen atoms in total. The zero-order chi connectivity index (χ0) is 21.2. The molecule has 31 heavy (non-hydrogen) atoms. The van der Waals surface area contributed by atoms with Gasteiger partial charge < -0.3 is 5.32 Å². The number of pyridine rings is 1. The van der Waals surface area contributed by atoms with Crippen LogP contribution in [0.3, 0.4) is 0 Å². The topological polar surface area (TPSA) is 88.0 Å². The van der Waals surface area contributed by atoms with Gasteiger partial charge in [0.1, 0.15) is 11.9 Å². The highest BCUT2D eigenvalue weighted by molar-refractivity contribution is 7.99. The highest BCUT2D eigenvalue weighted by atomic mass is 32.2. The molecule has 0 spiro atoms. The second kappa shape index (κ2) is 8.28. The van der Waals surface area contributed by atoms with Crippen molar-refractivity contribution < 1.29 is 4.79 Å². The predicted octanol–water partition coefficient (Wildman–Crippen LogP) is 4.00. The first-order chi connectivity index (χ1) is 15.3. The summed E-state index contributed by atoms with van der Waals surface area (Å²) < 4.78 is 3.89. The van der Waals surface area contributed by atoms with Crippen molar-refractivity contribution in [2.75, 3.05) is 11.1 Å². The van der Waals surface area contributed by atoms with E-state index in [0.717, 1.165) is 48.3 Å². The van der Waals surface area contributed by atoms with Crippen LogP contribution in [0, 0.1) is 11.3 Å². The lowest BCUT2D eigenvalue weighted by Gasteiger charge is -2.17. The Bertz CT molecular complexity index is 1300. The molecule has 1 aliphatic carbocycles. The Morgan fingerprint density at radius 2 is 1.90 bits per heavy atom. The van der Waals surface area contributed by atoms with E-state index in [-0.39, 0.29) is 11.7 Å². The lowest BCUT2D eigenvalue weighted by Crippen LogP contribution is -2.18. The second-order valence-corrected chi connectivity index (χ2v) is 8.33. The number of amides is 1. The number of rotatable bonds is 5. The van der Waals surface area contributed by atoms with Gasteiger partial charge in [0.2, 0.25) is 5.91 Å². The number of nitrogens with zero attached hydrogens (tertiary/aromatic N) is 5. The van der Waals surface area contributed by atoms with Crippen LogP contribution >= 0.6 is 11.8 Å². The Morgan fingerprint density at radius 1 is 1.10 bits per heavy atom. The minimum Gasteiger partial charge on any atom is -0.310 e. The van der Waals surface area contributed by atoms with Gasteiger partial charge in [0.05, 0.1) is 11.3 Å². The fourth-order valence-corrected chi connectivity index (χ4v) is 4.84. The number of carbonyl (C=O) groups excluding carboxylic acids is 1. The van der Waals surface area contributed by atoms with Crippen LogP contribution in [-0.4, -0.2) is 30.8 Å². The van der Waals surface area contributed by atoms with Gasteiger partial charge in [-0.05, 0) is 55.5 Å². The van der Waals surface area contributed by atoms with E-state index in [2.05, 4.69) is 21.6 Å². The van der Waals surface area contributed by atoms with Gasteiger partial charge in [-0.2, -0.15) is 5.26 Å². The molecule has 0 atom stereocenters. The average molecular weight is 429 g/mol. The molecule has 0 saturated heterocycles. The number of fused-ring (bicyclic) bond motifs is 2.